The van der Waals surface area contributed by atoms with E-state index in [2.05, 4.69) is 16.0 Å². The molecule has 28 heavy (non-hydrogen) atoms. The van der Waals surface area contributed by atoms with Crippen molar-refractivity contribution >= 4 is 17.6 Å². The number of carbonyl (C=O) groups is 2. The monoisotopic (exact) mass is 381 g/mol. The lowest BCUT2D eigenvalue weighted by molar-refractivity contribution is -0.113. The number of methoxy groups -OCH3 is 2. The minimum absolute atomic E-state index is 0.343. The molecule has 0 unspecified atom stereocenters. The third-order valence-corrected chi connectivity index (χ3v) is 4.67. The predicted molar refractivity (Wildman–Crippen MR) is 106 cm³/mol. The molecule has 0 fully saturated rings. The lowest BCUT2D eigenvalue weighted by atomic mass is 9.92. The molecule has 1 atom stereocenters. The lowest BCUT2D eigenvalue weighted by Gasteiger charge is -2.29. The molecule has 7 nitrogen and oxygen atoms in total. The highest BCUT2D eigenvalue weighted by Gasteiger charge is 2.32. The van der Waals surface area contributed by atoms with Gasteiger partial charge in [-0.15, -0.1) is 0 Å². The number of ether oxygens (including phenoxy) is 2. The second-order valence-electron chi connectivity index (χ2n) is 6.45. The molecule has 0 saturated heterocycles. The number of anilines is 1. The van der Waals surface area contributed by atoms with Crippen LogP contribution in [0.2, 0.25) is 0 Å². The van der Waals surface area contributed by atoms with Gasteiger partial charge in [0.1, 0.15) is 11.5 Å². The fourth-order valence-corrected chi connectivity index (χ4v) is 3.24. The smallest absolute Gasteiger partial charge is 0.319 e. The maximum Gasteiger partial charge on any atom is 0.319 e. The molecule has 0 aliphatic carbocycles. The van der Waals surface area contributed by atoms with Crippen molar-refractivity contribution in [1.29, 1.82) is 0 Å². The fourth-order valence-electron chi connectivity index (χ4n) is 3.24. The van der Waals surface area contributed by atoms with Crippen molar-refractivity contribution in [2.24, 2.45) is 0 Å². The Kier molecular flexibility index (Phi) is 5.54. The van der Waals surface area contributed by atoms with Crippen LogP contribution < -0.4 is 25.4 Å². The largest absolute Gasteiger partial charge is 0.497 e. The third-order valence-electron chi connectivity index (χ3n) is 4.67. The number of hydrogen-bond acceptors (Lipinski definition) is 4. The lowest BCUT2D eigenvalue weighted by Crippen LogP contribution is -2.46. The van der Waals surface area contributed by atoms with Crippen molar-refractivity contribution in [1.82, 2.24) is 10.6 Å². The van der Waals surface area contributed by atoms with E-state index in [4.69, 9.17) is 9.47 Å². The van der Waals surface area contributed by atoms with Gasteiger partial charge in [-0.25, -0.2) is 4.79 Å². The first-order valence-corrected chi connectivity index (χ1v) is 8.81. The van der Waals surface area contributed by atoms with Gasteiger partial charge in [-0.05, 0) is 37.1 Å². The summed E-state index contributed by atoms with van der Waals surface area (Å²) < 4.78 is 10.6. The first kappa shape index (κ1) is 19.3. The summed E-state index contributed by atoms with van der Waals surface area (Å²) in [6, 6.07) is 11.9. The molecule has 2 aromatic carbocycles. The summed E-state index contributed by atoms with van der Waals surface area (Å²) in [4.78, 5) is 25.2. The van der Waals surface area contributed by atoms with Gasteiger partial charge in [-0.2, -0.15) is 0 Å². The minimum Gasteiger partial charge on any atom is -0.497 e. The van der Waals surface area contributed by atoms with Crippen LogP contribution in [0.4, 0.5) is 10.5 Å². The van der Waals surface area contributed by atoms with Crippen LogP contribution in [0.25, 0.3) is 0 Å². The van der Waals surface area contributed by atoms with Gasteiger partial charge in [-0.1, -0.05) is 24.3 Å². The van der Waals surface area contributed by atoms with E-state index < -0.39 is 6.04 Å². The molecule has 3 N–H and O–H groups in total. The van der Waals surface area contributed by atoms with E-state index in [0.29, 0.717) is 28.5 Å². The van der Waals surface area contributed by atoms with Gasteiger partial charge in [0.25, 0.3) is 5.91 Å². The normalized spacial score (nSPS) is 16.1. The number of amides is 3. The van der Waals surface area contributed by atoms with E-state index in [1.807, 2.05) is 31.2 Å². The van der Waals surface area contributed by atoms with E-state index in [1.165, 1.54) is 7.11 Å². The van der Waals surface area contributed by atoms with Crippen LogP contribution in [0.5, 0.6) is 11.5 Å². The van der Waals surface area contributed by atoms with Crippen molar-refractivity contribution in [3.05, 3.63) is 64.9 Å². The Hall–Kier alpha value is -3.48. The minimum atomic E-state index is -0.563. The van der Waals surface area contributed by atoms with Crippen LogP contribution in [-0.4, -0.2) is 26.2 Å². The van der Waals surface area contributed by atoms with Crippen molar-refractivity contribution in [2.75, 3.05) is 19.5 Å². The summed E-state index contributed by atoms with van der Waals surface area (Å²) in [5.41, 5.74) is 3.24. The van der Waals surface area contributed by atoms with Crippen LogP contribution in [0.1, 0.15) is 24.1 Å². The summed E-state index contributed by atoms with van der Waals surface area (Å²) in [5, 5.41) is 8.40. The molecule has 7 heteroatoms. The van der Waals surface area contributed by atoms with Crippen molar-refractivity contribution in [3.8, 4) is 11.5 Å². The van der Waals surface area contributed by atoms with Crippen LogP contribution in [0.15, 0.2) is 53.7 Å². The Bertz CT molecular complexity index is 952. The van der Waals surface area contributed by atoms with Gasteiger partial charge in [0.2, 0.25) is 0 Å². The van der Waals surface area contributed by atoms with Gasteiger partial charge in [0.15, 0.2) is 0 Å². The van der Waals surface area contributed by atoms with Gasteiger partial charge in [0.05, 0.1) is 31.5 Å². The van der Waals surface area contributed by atoms with Gasteiger partial charge in [0, 0.05) is 11.8 Å². The zero-order valence-corrected chi connectivity index (χ0v) is 16.3. The highest BCUT2D eigenvalue weighted by atomic mass is 16.5. The van der Waals surface area contributed by atoms with E-state index in [1.54, 1.807) is 32.2 Å². The summed E-state index contributed by atoms with van der Waals surface area (Å²) in [6.07, 6.45) is 0. The highest BCUT2D eigenvalue weighted by molar-refractivity contribution is 6.07. The molecular formula is C21H23N3O4. The summed E-state index contributed by atoms with van der Waals surface area (Å²) >= 11 is 0. The molecule has 146 valence electrons. The first-order valence-electron chi connectivity index (χ1n) is 8.81. The molecule has 1 heterocycles. The zero-order valence-electron chi connectivity index (χ0n) is 16.3. The molecular weight excluding hydrogens is 358 g/mol. The maximum absolute atomic E-state index is 13.2. The number of rotatable bonds is 5. The Morgan fingerprint density at radius 2 is 1.82 bits per heavy atom. The van der Waals surface area contributed by atoms with E-state index in [-0.39, 0.29) is 11.9 Å². The third kappa shape index (κ3) is 3.78. The zero-order chi connectivity index (χ0) is 20.3. The number of benzene rings is 2. The molecule has 2 aromatic rings. The van der Waals surface area contributed by atoms with Crippen LogP contribution in [0, 0.1) is 6.92 Å². The van der Waals surface area contributed by atoms with Crippen molar-refractivity contribution in [3.63, 3.8) is 0 Å². The van der Waals surface area contributed by atoms with Crippen LogP contribution in [-0.2, 0) is 4.79 Å². The number of urea groups is 1. The molecule has 0 radical (unpaired) electrons. The second kappa shape index (κ2) is 8.04. The standard InChI is InChI=1S/C21H23N3O4/c1-12-7-5-6-8-15(12)19-18(13(2)22-21(26)24-19)20(25)23-16-11-14(27-3)9-10-17(16)28-4/h5-11,19H,1-4H3,(H,23,25)(H2,22,24,26)/t19-/m0/s1. The van der Waals surface area contributed by atoms with E-state index in [9.17, 15) is 9.59 Å². The Morgan fingerprint density at radius 1 is 1.07 bits per heavy atom. The van der Waals surface area contributed by atoms with Crippen molar-refractivity contribution in [2.45, 2.75) is 19.9 Å². The number of carbonyl (C=O) groups excluding carboxylic acids is 2. The number of aryl methyl sites for hydroxylation is 1. The Labute approximate surface area is 163 Å². The summed E-state index contributed by atoms with van der Waals surface area (Å²) in [6.45, 7) is 3.65. The molecule has 1 aliphatic heterocycles. The van der Waals surface area contributed by atoms with Gasteiger partial charge < -0.3 is 25.4 Å². The average Bonchev–Trinajstić information content (AvgIpc) is 2.67. The Balaban J connectivity index is 2.00. The Morgan fingerprint density at radius 3 is 2.50 bits per heavy atom. The molecule has 0 saturated carbocycles. The second-order valence-corrected chi connectivity index (χ2v) is 6.45. The van der Waals surface area contributed by atoms with Crippen LogP contribution >= 0.6 is 0 Å². The molecule has 3 amide bonds. The van der Waals surface area contributed by atoms with Gasteiger partial charge in [-0.3, -0.25) is 4.79 Å². The predicted octanol–water partition coefficient (Wildman–Crippen LogP) is 3.28. The summed E-state index contributed by atoms with van der Waals surface area (Å²) in [7, 11) is 3.08. The molecule has 0 aromatic heterocycles. The molecule has 0 bridgehead atoms. The first-order chi connectivity index (χ1) is 13.4. The quantitative estimate of drug-likeness (QED) is 0.742. The SMILES string of the molecule is COc1ccc(OC)c(NC(=O)C2=C(C)NC(=O)N[C@H]2c2ccccc2C)c1. The topological polar surface area (TPSA) is 88.7 Å². The summed E-state index contributed by atoms with van der Waals surface area (Å²) in [5.74, 6) is 0.754. The van der Waals surface area contributed by atoms with Crippen LogP contribution in [0.3, 0.4) is 0 Å². The number of nitrogens with one attached hydrogen (secondary N) is 3. The van der Waals surface area contributed by atoms with Crippen molar-refractivity contribution < 1.29 is 19.1 Å². The average molecular weight is 381 g/mol. The fraction of sp³-hybridized carbons (Fsp3) is 0.238. The molecule has 3 rings (SSSR count). The molecule has 1 aliphatic rings. The maximum atomic E-state index is 13.2. The van der Waals surface area contributed by atoms with E-state index >= 15 is 0 Å². The number of allylic oxidation sites excluding steroid dienone is 1. The molecule has 0 spiro atoms. The number of hydrogen-bond donors (Lipinski definition) is 3. The van der Waals surface area contributed by atoms with E-state index in [0.717, 1.165) is 11.1 Å². The van der Waals surface area contributed by atoms with Gasteiger partial charge >= 0.3 is 6.03 Å². The highest BCUT2D eigenvalue weighted by Crippen LogP contribution is 2.33.